The lowest BCUT2D eigenvalue weighted by Gasteiger charge is -2.04. The molecular weight excluding hydrogens is 177 g/mol. The summed E-state index contributed by atoms with van der Waals surface area (Å²) >= 11 is 0. The molecule has 3 heteroatoms. The maximum Gasteiger partial charge on any atom is 0.415 e. The fourth-order valence-corrected chi connectivity index (χ4v) is 0.572. The van der Waals surface area contributed by atoms with Gasteiger partial charge in [-0.25, -0.2) is 0 Å². The molecule has 0 aromatic carbocycles. The molecule has 72 valence electrons. The second-order valence-corrected chi connectivity index (χ2v) is 2.43. The predicted molar refractivity (Wildman–Crippen MR) is 48.3 cm³/mol. The molecule has 0 rings (SSSR count). The molecule has 13 heavy (non-hydrogen) atoms. The summed E-state index contributed by atoms with van der Waals surface area (Å²) in [5.41, 5.74) is -0.369. The van der Waals surface area contributed by atoms with Crippen molar-refractivity contribution >= 4 is 0 Å². The Morgan fingerprint density at radius 3 is 2.00 bits per heavy atom. The highest BCUT2D eigenvalue weighted by atomic mass is 19.4. The summed E-state index contributed by atoms with van der Waals surface area (Å²) in [5.74, 6) is 0. The van der Waals surface area contributed by atoms with Crippen molar-refractivity contribution in [3.8, 4) is 0 Å². The van der Waals surface area contributed by atoms with E-state index in [2.05, 4.69) is 13.2 Å². The van der Waals surface area contributed by atoms with Crippen LogP contribution in [-0.4, -0.2) is 6.18 Å². The van der Waals surface area contributed by atoms with Gasteiger partial charge in [-0.2, -0.15) is 13.2 Å². The SMILES string of the molecule is C=C(/C=C\C(=C)C(F)(F)F)/C=C/C. The van der Waals surface area contributed by atoms with Gasteiger partial charge in [-0.15, -0.1) is 0 Å². The standard InChI is InChI=1S/C10H11F3/c1-4-5-8(2)6-7-9(3)10(11,12)13/h4-7H,2-3H2,1H3/b5-4+,7-6-. The highest BCUT2D eigenvalue weighted by molar-refractivity contribution is 5.33. The molecule has 0 spiro atoms. The summed E-state index contributed by atoms with van der Waals surface area (Å²) in [5, 5.41) is 0. The summed E-state index contributed by atoms with van der Waals surface area (Å²) in [6, 6.07) is 0. The molecule has 0 nitrogen and oxygen atoms in total. The minimum absolute atomic E-state index is 0.507. The van der Waals surface area contributed by atoms with Crippen LogP contribution in [-0.2, 0) is 0 Å². The van der Waals surface area contributed by atoms with Crippen molar-refractivity contribution in [1.82, 2.24) is 0 Å². The Bertz CT molecular complexity index is 254. The van der Waals surface area contributed by atoms with Gasteiger partial charge < -0.3 is 0 Å². The van der Waals surface area contributed by atoms with Crippen molar-refractivity contribution < 1.29 is 13.2 Å². The first-order chi connectivity index (χ1) is 5.88. The lowest BCUT2D eigenvalue weighted by Crippen LogP contribution is -2.08. The number of alkyl halides is 3. The number of hydrogen-bond acceptors (Lipinski definition) is 0. The van der Waals surface area contributed by atoms with Crippen LogP contribution in [0.15, 0.2) is 48.6 Å². The number of rotatable bonds is 3. The van der Waals surface area contributed by atoms with E-state index in [0.29, 0.717) is 5.57 Å². The monoisotopic (exact) mass is 188 g/mol. The molecule has 0 aliphatic heterocycles. The molecule has 0 amide bonds. The Kier molecular flexibility index (Phi) is 4.25. The van der Waals surface area contributed by atoms with Gasteiger partial charge >= 0.3 is 6.18 Å². The maximum absolute atomic E-state index is 11.9. The third-order valence-electron chi connectivity index (χ3n) is 1.24. The van der Waals surface area contributed by atoms with Gasteiger partial charge in [0.15, 0.2) is 0 Å². The zero-order valence-electron chi connectivity index (χ0n) is 7.36. The first-order valence-electron chi connectivity index (χ1n) is 3.63. The minimum Gasteiger partial charge on any atom is -0.166 e. The van der Waals surface area contributed by atoms with Gasteiger partial charge in [0, 0.05) is 5.57 Å². The van der Waals surface area contributed by atoms with E-state index < -0.39 is 11.7 Å². The van der Waals surface area contributed by atoms with Gasteiger partial charge in [0.1, 0.15) is 0 Å². The molecule has 0 radical (unpaired) electrons. The molecule has 0 aromatic rings. The van der Waals surface area contributed by atoms with Gasteiger partial charge in [-0.3, -0.25) is 0 Å². The Morgan fingerprint density at radius 2 is 1.62 bits per heavy atom. The smallest absolute Gasteiger partial charge is 0.166 e. The largest absolute Gasteiger partial charge is 0.415 e. The Hall–Kier alpha value is -1.25. The average Bonchev–Trinajstić information content (AvgIpc) is 1.99. The Labute approximate surface area is 75.8 Å². The second-order valence-electron chi connectivity index (χ2n) is 2.43. The average molecular weight is 188 g/mol. The highest BCUT2D eigenvalue weighted by Crippen LogP contribution is 2.24. The molecular formula is C10H11F3. The molecule has 0 atom stereocenters. The highest BCUT2D eigenvalue weighted by Gasteiger charge is 2.29. The summed E-state index contributed by atoms with van der Waals surface area (Å²) < 4.78 is 35.7. The van der Waals surface area contributed by atoms with Gasteiger partial charge in [0.25, 0.3) is 0 Å². The van der Waals surface area contributed by atoms with E-state index in [1.165, 1.54) is 6.08 Å². The van der Waals surface area contributed by atoms with Crippen LogP contribution >= 0.6 is 0 Å². The van der Waals surface area contributed by atoms with Gasteiger partial charge in [0.05, 0.1) is 0 Å². The lowest BCUT2D eigenvalue weighted by molar-refractivity contribution is -0.0878. The van der Waals surface area contributed by atoms with Crippen molar-refractivity contribution in [1.29, 1.82) is 0 Å². The number of allylic oxidation sites excluding steroid dienone is 6. The van der Waals surface area contributed by atoms with Crippen molar-refractivity contribution in [2.45, 2.75) is 13.1 Å². The predicted octanol–water partition coefficient (Wildman–Crippen LogP) is 3.79. The van der Waals surface area contributed by atoms with E-state index in [0.717, 1.165) is 6.08 Å². The Morgan fingerprint density at radius 1 is 1.08 bits per heavy atom. The summed E-state index contributed by atoms with van der Waals surface area (Å²) in [7, 11) is 0. The zero-order valence-corrected chi connectivity index (χ0v) is 7.36. The van der Waals surface area contributed by atoms with Crippen LogP contribution in [0.2, 0.25) is 0 Å². The van der Waals surface area contributed by atoms with Gasteiger partial charge in [0.2, 0.25) is 0 Å². The molecule has 0 saturated carbocycles. The quantitative estimate of drug-likeness (QED) is 0.591. The first kappa shape index (κ1) is 11.8. The molecule has 0 aliphatic carbocycles. The van der Waals surface area contributed by atoms with Crippen LogP contribution in [0.5, 0.6) is 0 Å². The van der Waals surface area contributed by atoms with Crippen molar-refractivity contribution in [2.75, 3.05) is 0 Å². The minimum atomic E-state index is -4.35. The van der Waals surface area contributed by atoms with E-state index in [1.54, 1.807) is 19.1 Å². The molecule has 0 aromatic heterocycles. The van der Waals surface area contributed by atoms with E-state index in [1.807, 2.05) is 0 Å². The fraction of sp³-hybridized carbons (Fsp3) is 0.200. The molecule has 0 aliphatic rings. The third kappa shape index (κ3) is 5.06. The van der Waals surface area contributed by atoms with E-state index >= 15 is 0 Å². The van der Waals surface area contributed by atoms with Gasteiger partial charge in [-0.1, -0.05) is 37.5 Å². The van der Waals surface area contributed by atoms with Crippen LogP contribution < -0.4 is 0 Å². The second kappa shape index (κ2) is 4.70. The third-order valence-corrected chi connectivity index (χ3v) is 1.24. The van der Waals surface area contributed by atoms with Crippen LogP contribution in [0.1, 0.15) is 6.92 Å². The van der Waals surface area contributed by atoms with Crippen molar-refractivity contribution in [2.24, 2.45) is 0 Å². The van der Waals surface area contributed by atoms with Crippen LogP contribution in [0, 0.1) is 0 Å². The summed E-state index contributed by atoms with van der Waals surface area (Å²) in [6.07, 6.45) is 1.13. The molecule has 0 heterocycles. The summed E-state index contributed by atoms with van der Waals surface area (Å²) in [4.78, 5) is 0. The van der Waals surface area contributed by atoms with E-state index in [9.17, 15) is 13.2 Å². The molecule has 0 saturated heterocycles. The van der Waals surface area contributed by atoms with E-state index in [-0.39, 0.29) is 0 Å². The van der Waals surface area contributed by atoms with Crippen molar-refractivity contribution in [3.05, 3.63) is 48.6 Å². The topological polar surface area (TPSA) is 0 Å². The number of halogens is 3. The molecule has 0 bridgehead atoms. The zero-order chi connectivity index (χ0) is 10.5. The normalized spacial score (nSPS) is 12.6. The maximum atomic E-state index is 11.9. The molecule has 0 fully saturated rings. The molecule has 0 unspecified atom stereocenters. The van der Waals surface area contributed by atoms with Crippen LogP contribution in [0.4, 0.5) is 13.2 Å². The van der Waals surface area contributed by atoms with Crippen LogP contribution in [0.3, 0.4) is 0 Å². The number of hydrogen-bond donors (Lipinski definition) is 0. The van der Waals surface area contributed by atoms with Crippen LogP contribution in [0.25, 0.3) is 0 Å². The lowest BCUT2D eigenvalue weighted by atomic mass is 10.2. The van der Waals surface area contributed by atoms with Crippen molar-refractivity contribution in [3.63, 3.8) is 0 Å². The van der Waals surface area contributed by atoms with Gasteiger partial charge in [-0.05, 0) is 12.5 Å². The molecule has 0 N–H and O–H groups in total. The van der Waals surface area contributed by atoms with E-state index in [4.69, 9.17) is 0 Å². The summed E-state index contributed by atoms with van der Waals surface area (Å²) in [6.45, 7) is 8.16. The first-order valence-corrected chi connectivity index (χ1v) is 3.63. The fourth-order valence-electron chi connectivity index (χ4n) is 0.572. The Balaban J connectivity index is 4.30.